The van der Waals surface area contributed by atoms with Gasteiger partial charge in [0.15, 0.2) is 5.65 Å². The van der Waals surface area contributed by atoms with Crippen LogP contribution in [0.2, 0.25) is 0 Å². The highest BCUT2D eigenvalue weighted by atomic mass is 16.5. The number of fused-ring (bicyclic) bond motifs is 2. The maximum atomic E-state index is 12.4. The molecule has 3 heterocycles. The molecule has 0 radical (unpaired) electrons. The molecule has 1 aliphatic rings. The number of carbonyl (C=O) groups excluding carboxylic acids is 1. The van der Waals surface area contributed by atoms with Crippen LogP contribution in [0.15, 0.2) is 61.3 Å². The van der Waals surface area contributed by atoms with Gasteiger partial charge in [-0.15, -0.1) is 0 Å². The molecule has 1 aliphatic carbocycles. The standard InChI is InChI=1S/C31H30N8O3/c1-4-5-30(40)37-26-16-24-25(17-28(26)41-13-12-38(2)3)32-18-34-31(24)36-21-8-9-27(23(14-21)20-6-7-20)42-22-10-11-39-29(15-22)33-19-35-39/h8-11,14-20H,6-7,12-13H2,1-3H3,(H,37,40)(H,32,34,36). The van der Waals surface area contributed by atoms with Gasteiger partial charge in [0.25, 0.3) is 5.91 Å². The van der Waals surface area contributed by atoms with Crippen molar-refractivity contribution in [1.29, 1.82) is 0 Å². The zero-order chi connectivity index (χ0) is 29.1. The number of hydrogen-bond acceptors (Lipinski definition) is 9. The van der Waals surface area contributed by atoms with Gasteiger partial charge >= 0.3 is 0 Å². The molecule has 0 aliphatic heterocycles. The van der Waals surface area contributed by atoms with Gasteiger partial charge in [-0.3, -0.25) is 4.79 Å². The Bertz CT molecular complexity index is 1840. The van der Waals surface area contributed by atoms with Crippen molar-refractivity contribution >= 4 is 39.6 Å². The third-order valence-corrected chi connectivity index (χ3v) is 6.79. The average molecular weight is 563 g/mol. The van der Waals surface area contributed by atoms with E-state index in [0.29, 0.717) is 41.0 Å². The van der Waals surface area contributed by atoms with E-state index in [2.05, 4.69) is 48.6 Å². The summed E-state index contributed by atoms with van der Waals surface area (Å²) in [6.07, 6.45) is 7.07. The molecule has 1 saturated carbocycles. The smallest absolute Gasteiger partial charge is 0.300 e. The van der Waals surface area contributed by atoms with E-state index in [1.165, 1.54) is 12.7 Å². The van der Waals surface area contributed by atoms with E-state index in [9.17, 15) is 4.79 Å². The van der Waals surface area contributed by atoms with E-state index in [-0.39, 0.29) is 0 Å². The van der Waals surface area contributed by atoms with E-state index >= 15 is 0 Å². The maximum absolute atomic E-state index is 12.4. The summed E-state index contributed by atoms with van der Waals surface area (Å²) in [5, 5.41) is 11.2. The summed E-state index contributed by atoms with van der Waals surface area (Å²) in [5.74, 6) is 7.78. The number of nitrogens with one attached hydrogen (secondary N) is 2. The van der Waals surface area contributed by atoms with Crippen molar-refractivity contribution in [2.45, 2.75) is 25.7 Å². The normalized spacial score (nSPS) is 12.7. The Hall–Kier alpha value is -5.21. The highest BCUT2D eigenvalue weighted by Gasteiger charge is 2.27. The van der Waals surface area contributed by atoms with Crippen LogP contribution in [0.3, 0.4) is 0 Å². The molecule has 2 aromatic carbocycles. The fourth-order valence-electron chi connectivity index (χ4n) is 4.56. The first kappa shape index (κ1) is 27.0. The number of likely N-dealkylation sites (N-methyl/N-ethyl adjacent to an activating group) is 1. The van der Waals surface area contributed by atoms with Crippen molar-refractivity contribution in [3.8, 4) is 29.1 Å². The number of amides is 1. The quantitative estimate of drug-likeness (QED) is 0.227. The van der Waals surface area contributed by atoms with Crippen molar-refractivity contribution in [3.05, 3.63) is 66.9 Å². The van der Waals surface area contributed by atoms with Gasteiger partial charge in [0.05, 0.1) is 11.2 Å². The van der Waals surface area contributed by atoms with E-state index in [4.69, 9.17) is 9.47 Å². The first-order valence-electron chi connectivity index (χ1n) is 13.6. The van der Waals surface area contributed by atoms with Crippen molar-refractivity contribution in [3.63, 3.8) is 0 Å². The number of hydrogen-bond donors (Lipinski definition) is 2. The second-order valence-corrected chi connectivity index (χ2v) is 10.2. The number of ether oxygens (including phenoxy) is 2. The van der Waals surface area contributed by atoms with E-state index in [1.807, 2.05) is 61.6 Å². The zero-order valence-corrected chi connectivity index (χ0v) is 23.6. The molecule has 6 rings (SSSR count). The van der Waals surface area contributed by atoms with E-state index in [0.717, 1.165) is 47.4 Å². The first-order valence-corrected chi connectivity index (χ1v) is 13.6. The second kappa shape index (κ2) is 11.7. The van der Waals surface area contributed by atoms with Gasteiger partial charge in [0.2, 0.25) is 0 Å². The van der Waals surface area contributed by atoms with Crippen molar-refractivity contribution in [2.75, 3.05) is 37.9 Å². The van der Waals surface area contributed by atoms with Crippen LogP contribution in [0.1, 0.15) is 31.2 Å². The number of rotatable bonds is 10. The van der Waals surface area contributed by atoms with Gasteiger partial charge in [-0.25, -0.2) is 19.5 Å². The van der Waals surface area contributed by atoms with Gasteiger partial charge < -0.3 is 25.0 Å². The Morgan fingerprint density at radius 1 is 1.07 bits per heavy atom. The van der Waals surface area contributed by atoms with Crippen LogP contribution in [-0.2, 0) is 4.79 Å². The van der Waals surface area contributed by atoms with Crippen LogP contribution in [-0.4, -0.2) is 62.6 Å². The van der Waals surface area contributed by atoms with Crippen LogP contribution in [0.5, 0.6) is 17.2 Å². The van der Waals surface area contributed by atoms with Gasteiger partial charge in [-0.1, -0.05) is 5.92 Å². The van der Waals surface area contributed by atoms with Gasteiger partial charge in [-0.05, 0) is 81.6 Å². The summed E-state index contributed by atoms with van der Waals surface area (Å²) in [6, 6.07) is 13.4. The molecule has 2 N–H and O–H groups in total. The fourth-order valence-corrected chi connectivity index (χ4v) is 4.56. The number of aromatic nitrogens is 5. The molecule has 0 saturated heterocycles. The third-order valence-electron chi connectivity index (χ3n) is 6.79. The number of nitrogens with zero attached hydrogens (tertiary/aromatic N) is 6. The number of anilines is 3. The van der Waals surface area contributed by atoms with Crippen molar-refractivity contribution in [1.82, 2.24) is 29.5 Å². The molecular formula is C31H30N8O3. The minimum atomic E-state index is -0.423. The Morgan fingerprint density at radius 2 is 1.95 bits per heavy atom. The highest BCUT2D eigenvalue weighted by Crippen LogP contribution is 2.46. The Kier molecular flexibility index (Phi) is 7.53. The van der Waals surface area contributed by atoms with Crippen LogP contribution >= 0.6 is 0 Å². The van der Waals surface area contributed by atoms with Crippen LogP contribution in [0.25, 0.3) is 16.6 Å². The zero-order valence-electron chi connectivity index (χ0n) is 23.6. The fraction of sp³-hybridized carbons (Fsp3) is 0.258. The predicted octanol–water partition coefficient (Wildman–Crippen LogP) is 4.99. The van der Waals surface area contributed by atoms with E-state index < -0.39 is 5.91 Å². The summed E-state index contributed by atoms with van der Waals surface area (Å²) in [4.78, 5) is 27.6. The summed E-state index contributed by atoms with van der Waals surface area (Å²) >= 11 is 0. The molecule has 1 amide bonds. The molecule has 1 fully saturated rings. The molecule has 0 unspecified atom stereocenters. The average Bonchev–Trinajstić information content (AvgIpc) is 3.71. The number of carbonyl (C=O) groups is 1. The molecule has 42 heavy (non-hydrogen) atoms. The monoisotopic (exact) mass is 562 g/mol. The lowest BCUT2D eigenvalue weighted by Crippen LogP contribution is -2.20. The summed E-state index contributed by atoms with van der Waals surface area (Å²) < 4.78 is 14.0. The number of pyridine rings is 1. The summed E-state index contributed by atoms with van der Waals surface area (Å²) in [6.45, 7) is 2.78. The highest BCUT2D eigenvalue weighted by molar-refractivity contribution is 6.06. The van der Waals surface area contributed by atoms with Gasteiger partial charge in [-0.2, -0.15) is 5.10 Å². The molecular weight excluding hydrogens is 532 g/mol. The Morgan fingerprint density at radius 3 is 2.76 bits per heavy atom. The maximum Gasteiger partial charge on any atom is 0.300 e. The molecule has 0 bridgehead atoms. The van der Waals surface area contributed by atoms with Gasteiger partial charge in [0.1, 0.15) is 42.3 Å². The molecule has 5 aromatic rings. The lowest BCUT2D eigenvalue weighted by molar-refractivity contribution is -0.111. The molecule has 11 nitrogen and oxygen atoms in total. The largest absolute Gasteiger partial charge is 0.490 e. The molecule has 11 heteroatoms. The topological polar surface area (TPSA) is 119 Å². The lowest BCUT2D eigenvalue weighted by Gasteiger charge is -2.17. The molecule has 0 spiro atoms. The molecule has 3 aromatic heterocycles. The predicted molar refractivity (Wildman–Crippen MR) is 160 cm³/mol. The van der Waals surface area contributed by atoms with Crippen molar-refractivity contribution in [2.24, 2.45) is 0 Å². The van der Waals surface area contributed by atoms with Crippen LogP contribution in [0.4, 0.5) is 17.2 Å². The van der Waals surface area contributed by atoms with Gasteiger partial charge in [0, 0.05) is 35.9 Å². The Labute approximate surface area is 242 Å². The molecule has 212 valence electrons. The first-order chi connectivity index (χ1) is 20.5. The summed E-state index contributed by atoms with van der Waals surface area (Å²) in [5.41, 5.74) is 3.89. The molecule has 0 atom stereocenters. The third kappa shape index (κ3) is 6.09. The minimum Gasteiger partial charge on any atom is -0.490 e. The second-order valence-electron chi connectivity index (χ2n) is 10.2. The minimum absolute atomic E-state index is 0.423. The SMILES string of the molecule is CC#CC(=O)Nc1cc2c(Nc3ccc(Oc4ccn5ncnc5c4)c(C4CC4)c3)ncnc2cc1OCCN(C)C. The van der Waals surface area contributed by atoms with Crippen LogP contribution in [0, 0.1) is 11.8 Å². The Balaban J connectivity index is 1.30. The van der Waals surface area contributed by atoms with Crippen LogP contribution < -0.4 is 20.1 Å². The lowest BCUT2D eigenvalue weighted by atomic mass is 10.1. The van der Waals surface area contributed by atoms with Crippen molar-refractivity contribution < 1.29 is 14.3 Å². The van der Waals surface area contributed by atoms with E-state index in [1.54, 1.807) is 11.4 Å². The summed E-state index contributed by atoms with van der Waals surface area (Å²) in [7, 11) is 3.94. The number of benzene rings is 2.